The van der Waals surface area contributed by atoms with Gasteiger partial charge in [0.25, 0.3) is 11.8 Å². The molecule has 6 rings (SSSR count). The topological polar surface area (TPSA) is 114 Å². The monoisotopic (exact) mass is 575 g/mol. The molecule has 1 aliphatic heterocycles. The Morgan fingerprint density at radius 1 is 0.786 bits per heavy atom. The number of imide groups is 1. The van der Waals surface area contributed by atoms with Gasteiger partial charge < -0.3 is 5.32 Å². The molecule has 0 saturated carbocycles. The van der Waals surface area contributed by atoms with E-state index >= 15 is 0 Å². The van der Waals surface area contributed by atoms with Gasteiger partial charge in [-0.05, 0) is 42.0 Å². The number of halogens is 1. The molecular weight excluding hydrogens is 554 g/mol. The van der Waals surface area contributed by atoms with Gasteiger partial charge in [0.15, 0.2) is 11.6 Å². The van der Waals surface area contributed by atoms with Crippen LogP contribution in [0.25, 0.3) is 5.69 Å². The van der Waals surface area contributed by atoms with Crippen molar-refractivity contribution >= 4 is 41.3 Å². The first-order chi connectivity index (χ1) is 20.5. The molecule has 0 unspecified atom stereocenters. The SMILES string of the molecule is O=CNc1cccc(-n2c(Cc3ccccc3)nnc2CN2C(=O)c3ccccc3C2=O)c1C(=O)c1ccccc1Cl. The van der Waals surface area contributed by atoms with Gasteiger partial charge in [0, 0.05) is 12.0 Å². The van der Waals surface area contributed by atoms with Crippen LogP contribution in [0, 0.1) is 0 Å². The Morgan fingerprint density at radius 2 is 1.43 bits per heavy atom. The van der Waals surface area contributed by atoms with Crippen LogP contribution in [-0.4, -0.2) is 43.7 Å². The van der Waals surface area contributed by atoms with Crippen LogP contribution in [0.1, 0.15) is 53.8 Å². The van der Waals surface area contributed by atoms with Crippen LogP contribution in [0.2, 0.25) is 5.02 Å². The fourth-order valence-corrected chi connectivity index (χ4v) is 5.30. The summed E-state index contributed by atoms with van der Waals surface area (Å²) in [6.45, 7) is -0.195. The fraction of sp³-hybridized carbons (Fsp3) is 0.0625. The zero-order chi connectivity index (χ0) is 29.2. The molecule has 0 atom stereocenters. The molecule has 0 spiro atoms. The Kier molecular flexibility index (Phi) is 7.16. The second-order valence-corrected chi connectivity index (χ2v) is 9.95. The number of anilines is 1. The van der Waals surface area contributed by atoms with Crippen molar-refractivity contribution in [3.63, 3.8) is 0 Å². The average molecular weight is 576 g/mol. The maximum Gasteiger partial charge on any atom is 0.261 e. The molecule has 5 aromatic rings. The van der Waals surface area contributed by atoms with E-state index in [-0.39, 0.29) is 34.2 Å². The van der Waals surface area contributed by atoms with Gasteiger partial charge in [-0.15, -0.1) is 10.2 Å². The maximum absolute atomic E-state index is 14.0. The number of hydrogen-bond acceptors (Lipinski definition) is 6. The first-order valence-corrected chi connectivity index (χ1v) is 13.4. The fourth-order valence-electron chi connectivity index (χ4n) is 5.08. The predicted molar refractivity (Wildman–Crippen MR) is 156 cm³/mol. The Balaban J connectivity index is 1.52. The number of carbonyl (C=O) groups is 4. The number of nitrogens with one attached hydrogen (secondary N) is 1. The largest absolute Gasteiger partial charge is 0.328 e. The standard InChI is InChI=1S/C32H22ClN5O4/c33-24-14-7-6-13-23(24)30(40)29-25(34-19-39)15-8-16-26(29)38-27(17-20-9-2-1-3-10-20)35-36-28(38)18-37-31(41)21-11-4-5-12-22(21)32(37)42/h1-16,19H,17-18H2,(H,34,39). The van der Waals surface area contributed by atoms with E-state index in [4.69, 9.17) is 11.6 Å². The Hall–Kier alpha value is -5.41. The highest BCUT2D eigenvalue weighted by Crippen LogP contribution is 2.32. The minimum atomic E-state index is -0.446. The molecule has 9 nitrogen and oxygen atoms in total. The van der Waals surface area contributed by atoms with Gasteiger partial charge in [-0.1, -0.05) is 72.3 Å². The summed E-state index contributed by atoms with van der Waals surface area (Å²) < 4.78 is 1.66. The number of carbonyl (C=O) groups excluding carboxylic acids is 4. The zero-order valence-electron chi connectivity index (χ0n) is 22.0. The Morgan fingerprint density at radius 3 is 2.12 bits per heavy atom. The molecule has 1 aliphatic rings. The lowest BCUT2D eigenvalue weighted by Gasteiger charge is -2.19. The molecule has 2 heterocycles. The third-order valence-electron chi connectivity index (χ3n) is 7.02. The van der Waals surface area contributed by atoms with E-state index < -0.39 is 17.6 Å². The van der Waals surface area contributed by atoms with Gasteiger partial charge in [-0.3, -0.25) is 28.6 Å². The number of hydrogen-bond donors (Lipinski definition) is 1. The van der Waals surface area contributed by atoms with Crippen molar-refractivity contribution in [3.05, 3.63) is 142 Å². The van der Waals surface area contributed by atoms with E-state index in [9.17, 15) is 19.2 Å². The number of benzene rings is 4. The van der Waals surface area contributed by atoms with Gasteiger partial charge in [0.2, 0.25) is 6.41 Å². The Labute approximate surface area is 245 Å². The number of amides is 3. The summed E-state index contributed by atoms with van der Waals surface area (Å²) in [6, 6.07) is 27.8. The van der Waals surface area contributed by atoms with Crippen molar-refractivity contribution in [2.24, 2.45) is 0 Å². The van der Waals surface area contributed by atoms with Crippen molar-refractivity contribution in [1.82, 2.24) is 19.7 Å². The number of rotatable bonds is 9. The molecule has 0 radical (unpaired) electrons. The van der Waals surface area contributed by atoms with Crippen LogP contribution in [0.4, 0.5) is 5.69 Å². The van der Waals surface area contributed by atoms with Crippen LogP contribution >= 0.6 is 11.6 Å². The minimum Gasteiger partial charge on any atom is -0.328 e. The van der Waals surface area contributed by atoms with Gasteiger partial charge in [-0.2, -0.15) is 0 Å². The number of nitrogens with zero attached hydrogens (tertiary/aromatic N) is 4. The average Bonchev–Trinajstić information content (AvgIpc) is 3.51. The molecule has 0 bridgehead atoms. The molecule has 1 aromatic heterocycles. The Bertz CT molecular complexity index is 1830. The second-order valence-electron chi connectivity index (χ2n) is 9.54. The third-order valence-corrected chi connectivity index (χ3v) is 7.35. The quantitative estimate of drug-likeness (QED) is 0.148. The third kappa shape index (κ3) is 4.76. The lowest BCUT2D eigenvalue weighted by atomic mass is 9.99. The molecule has 42 heavy (non-hydrogen) atoms. The summed E-state index contributed by atoms with van der Waals surface area (Å²) in [6.07, 6.45) is 0.820. The lowest BCUT2D eigenvalue weighted by molar-refractivity contribution is -0.105. The molecular formula is C32H22ClN5O4. The minimum absolute atomic E-state index is 0.149. The normalized spacial score (nSPS) is 12.4. The molecule has 0 saturated heterocycles. The van der Waals surface area contributed by atoms with E-state index in [0.29, 0.717) is 35.5 Å². The van der Waals surface area contributed by atoms with Gasteiger partial charge in [0.1, 0.15) is 5.82 Å². The highest BCUT2D eigenvalue weighted by molar-refractivity contribution is 6.35. The maximum atomic E-state index is 14.0. The van der Waals surface area contributed by atoms with Gasteiger partial charge in [0.05, 0.1) is 39.6 Å². The van der Waals surface area contributed by atoms with Crippen molar-refractivity contribution in [2.45, 2.75) is 13.0 Å². The molecule has 0 aliphatic carbocycles. The summed E-state index contributed by atoms with van der Waals surface area (Å²) >= 11 is 6.41. The summed E-state index contributed by atoms with van der Waals surface area (Å²) in [4.78, 5) is 53.2. The predicted octanol–water partition coefficient (Wildman–Crippen LogP) is 5.11. The second kappa shape index (κ2) is 11.2. The van der Waals surface area contributed by atoms with Crippen LogP contribution in [-0.2, 0) is 17.8 Å². The first-order valence-electron chi connectivity index (χ1n) is 13.0. The van der Waals surface area contributed by atoms with Crippen LogP contribution in [0.15, 0.2) is 97.1 Å². The van der Waals surface area contributed by atoms with E-state index in [0.717, 1.165) is 10.5 Å². The highest BCUT2D eigenvalue weighted by Gasteiger charge is 2.37. The van der Waals surface area contributed by atoms with Gasteiger partial charge in [-0.25, -0.2) is 0 Å². The van der Waals surface area contributed by atoms with Crippen molar-refractivity contribution in [2.75, 3.05) is 5.32 Å². The summed E-state index contributed by atoms with van der Waals surface area (Å²) in [5.41, 5.74) is 2.54. The van der Waals surface area contributed by atoms with Crippen molar-refractivity contribution in [3.8, 4) is 5.69 Å². The molecule has 206 valence electrons. The summed E-state index contributed by atoms with van der Waals surface area (Å²) in [5, 5.41) is 11.7. The summed E-state index contributed by atoms with van der Waals surface area (Å²) in [7, 11) is 0. The molecule has 1 N–H and O–H groups in total. The first kappa shape index (κ1) is 26.8. The van der Waals surface area contributed by atoms with E-state index in [1.165, 1.54) is 0 Å². The van der Waals surface area contributed by atoms with Crippen LogP contribution < -0.4 is 5.32 Å². The molecule has 3 amide bonds. The lowest BCUT2D eigenvalue weighted by Crippen LogP contribution is -2.30. The number of aromatic nitrogens is 3. The zero-order valence-corrected chi connectivity index (χ0v) is 22.8. The van der Waals surface area contributed by atoms with Crippen molar-refractivity contribution in [1.29, 1.82) is 0 Å². The smallest absolute Gasteiger partial charge is 0.261 e. The van der Waals surface area contributed by atoms with Crippen LogP contribution in [0.5, 0.6) is 0 Å². The van der Waals surface area contributed by atoms with Crippen LogP contribution in [0.3, 0.4) is 0 Å². The number of ketones is 1. The number of fused-ring (bicyclic) bond motifs is 1. The van der Waals surface area contributed by atoms with Gasteiger partial charge >= 0.3 is 0 Å². The van der Waals surface area contributed by atoms with E-state index in [2.05, 4.69) is 15.5 Å². The highest BCUT2D eigenvalue weighted by atomic mass is 35.5. The molecule has 0 fully saturated rings. The molecule has 4 aromatic carbocycles. The van der Waals surface area contributed by atoms with Crippen molar-refractivity contribution < 1.29 is 19.2 Å². The summed E-state index contributed by atoms with van der Waals surface area (Å²) in [5.74, 6) is -0.611. The molecule has 10 heteroatoms. The van der Waals surface area contributed by atoms with E-state index in [1.807, 2.05) is 30.3 Å². The van der Waals surface area contributed by atoms with E-state index in [1.54, 1.807) is 71.3 Å².